The SMILES string of the molecule is CC(C)c1nc(CNC(=O)NC2CCOC2c2ccccc2)cs1. The number of hydrogen-bond acceptors (Lipinski definition) is 4. The molecule has 2 amide bonds. The Bertz CT molecular complexity index is 672. The van der Waals surface area contributed by atoms with E-state index in [9.17, 15) is 4.79 Å². The van der Waals surface area contributed by atoms with Gasteiger partial charge in [0, 0.05) is 17.9 Å². The van der Waals surface area contributed by atoms with E-state index < -0.39 is 0 Å². The predicted molar refractivity (Wildman–Crippen MR) is 95.1 cm³/mol. The number of thiazole rings is 1. The number of ether oxygens (including phenoxy) is 1. The van der Waals surface area contributed by atoms with Gasteiger partial charge in [0.15, 0.2) is 0 Å². The Labute approximate surface area is 146 Å². The number of nitrogens with zero attached hydrogens (tertiary/aromatic N) is 1. The maximum Gasteiger partial charge on any atom is 0.315 e. The molecule has 1 saturated heterocycles. The van der Waals surface area contributed by atoms with E-state index in [0.29, 0.717) is 19.1 Å². The van der Waals surface area contributed by atoms with Crippen molar-refractivity contribution < 1.29 is 9.53 Å². The lowest BCUT2D eigenvalue weighted by Crippen LogP contribution is -2.43. The number of carbonyl (C=O) groups excluding carboxylic acids is 1. The van der Waals surface area contributed by atoms with Gasteiger partial charge < -0.3 is 15.4 Å². The molecule has 1 fully saturated rings. The van der Waals surface area contributed by atoms with Gasteiger partial charge in [-0.1, -0.05) is 44.2 Å². The Morgan fingerprint density at radius 3 is 2.88 bits per heavy atom. The van der Waals surface area contributed by atoms with Crippen molar-refractivity contribution in [3.8, 4) is 0 Å². The number of aromatic nitrogens is 1. The van der Waals surface area contributed by atoms with E-state index in [1.807, 2.05) is 35.7 Å². The average molecular weight is 345 g/mol. The van der Waals surface area contributed by atoms with Crippen LogP contribution in [0.4, 0.5) is 4.79 Å². The smallest absolute Gasteiger partial charge is 0.315 e. The highest BCUT2D eigenvalue weighted by Crippen LogP contribution is 2.28. The molecule has 0 radical (unpaired) electrons. The van der Waals surface area contributed by atoms with Crippen LogP contribution in [0.2, 0.25) is 0 Å². The third-order valence-electron chi connectivity index (χ3n) is 4.03. The Balaban J connectivity index is 1.52. The summed E-state index contributed by atoms with van der Waals surface area (Å²) in [5.74, 6) is 0.417. The fraction of sp³-hybridized carbons (Fsp3) is 0.444. The van der Waals surface area contributed by atoms with E-state index in [2.05, 4.69) is 29.5 Å². The molecule has 5 nitrogen and oxygen atoms in total. The molecule has 1 aromatic heterocycles. The summed E-state index contributed by atoms with van der Waals surface area (Å²) in [4.78, 5) is 16.7. The maximum absolute atomic E-state index is 12.2. The molecule has 1 aliphatic heterocycles. The van der Waals surface area contributed by atoms with Crippen LogP contribution in [0.3, 0.4) is 0 Å². The fourth-order valence-corrected chi connectivity index (χ4v) is 3.60. The lowest BCUT2D eigenvalue weighted by atomic mass is 10.0. The molecule has 1 aliphatic rings. The summed E-state index contributed by atoms with van der Waals surface area (Å²) < 4.78 is 5.79. The monoisotopic (exact) mass is 345 g/mol. The van der Waals surface area contributed by atoms with E-state index in [-0.39, 0.29) is 18.2 Å². The molecule has 2 N–H and O–H groups in total. The number of benzene rings is 1. The van der Waals surface area contributed by atoms with Gasteiger partial charge in [-0.05, 0) is 12.0 Å². The minimum atomic E-state index is -0.175. The summed E-state index contributed by atoms with van der Waals surface area (Å²) in [6.07, 6.45) is 0.741. The summed E-state index contributed by atoms with van der Waals surface area (Å²) in [5, 5.41) is 9.02. The third kappa shape index (κ3) is 4.13. The Morgan fingerprint density at radius 2 is 2.17 bits per heavy atom. The number of amides is 2. The zero-order valence-electron chi connectivity index (χ0n) is 14.0. The van der Waals surface area contributed by atoms with Gasteiger partial charge in [-0.3, -0.25) is 0 Å². The molecule has 0 spiro atoms. The third-order valence-corrected chi connectivity index (χ3v) is 5.22. The van der Waals surface area contributed by atoms with Gasteiger partial charge in [-0.2, -0.15) is 0 Å². The molecule has 6 heteroatoms. The van der Waals surface area contributed by atoms with Crippen molar-refractivity contribution in [1.82, 2.24) is 15.6 Å². The van der Waals surface area contributed by atoms with Crippen molar-refractivity contribution in [2.45, 2.75) is 44.9 Å². The number of carbonyl (C=O) groups is 1. The summed E-state index contributed by atoms with van der Waals surface area (Å²) in [6, 6.07) is 9.84. The second-order valence-electron chi connectivity index (χ2n) is 6.26. The summed E-state index contributed by atoms with van der Waals surface area (Å²) in [7, 11) is 0. The van der Waals surface area contributed by atoms with Crippen molar-refractivity contribution in [3.63, 3.8) is 0 Å². The first kappa shape index (κ1) is 16.9. The summed E-state index contributed by atoms with van der Waals surface area (Å²) in [5.41, 5.74) is 2.00. The molecule has 2 unspecified atom stereocenters. The Kier molecular flexibility index (Phi) is 5.48. The molecule has 0 aliphatic carbocycles. The quantitative estimate of drug-likeness (QED) is 0.870. The van der Waals surface area contributed by atoms with Gasteiger partial charge in [-0.15, -0.1) is 11.3 Å². The zero-order valence-corrected chi connectivity index (χ0v) is 14.8. The summed E-state index contributed by atoms with van der Waals surface area (Å²) >= 11 is 1.64. The first-order chi connectivity index (χ1) is 11.6. The second kappa shape index (κ2) is 7.77. The van der Waals surface area contributed by atoms with Gasteiger partial charge in [0.2, 0.25) is 0 Å². The molecular weight excluding hydrogens is 322 g/mol. The largest absolute Gasteiger partial charge is 0.371 e. The van der Waals surface area contributed by atoms with Crippen molar-refractivity contribution in [3.05, 3.63) is 52.0 Å². The van der Waals surface area contributed by atoms with Gasteiger partial charge in [0.1, 0.15) is 6.10 Å². The molecular formula is C18H23N3O2S. The second-order valence-corrected chi connectivity index (χ2v) is 7.15. The normalized spacial score (nSPS) is 20.3. The van der Waals surface area contributed by atoms with Crippen molar-refractivity contribution in [2.75, 3.05) is 6.61 Å². The molecule has 0 saturated carbocycles. The molecule has 0 bridgehead atoms. The van der Waals surface area contributed by atoms with E-state index >= 15 is 0 Å². The fourth-order valence-electron chi connectivity index (χ4n) is 2.77. The van der Waals surface area contributed by atoms with Crippen LogP contribution in [0.25, 0.3) is 0 Å². The van der Waals surface area contributed by atoms with E-state index in [0.717, 1.165) is 22.7 Å². The lowest BCUT2D eigenvalue weighted by molar-refractivity contribution is 0.0999. The minimum absolute atomic E-state index is 0.00550. The number of nitrogens with one attached hydrogen (secondary N) is 2. The first-order valence-corrected chi connectivity index (χ1v) is 9.16. The van der Waals surface area contributed by atoms with Gasteiger partial charge in [-0.25, -0.2) is 9.78 Å². The van der Waals surface area contributed by atoms with E-state index in [1.165, 1.54) is 0 Å². The topological polar surface area (TPSA) is 63.2 Å². The molecule has 128 valence electrons. The zero-order chi connectivity index (χ0) is 16.9. The number of hydrogen-bond donors (Lipinski definition) is 2. The molecule has 24 heavy (non-hydrogen) atoms. The molecule has 2 atom stereocenters. The Hall–Kier alpha value is -1.92. The number of rotatable bonds is 5. The highest BCUT2D eigenvalue weighted by Gasteiger charge is 2.30. The Morgan fingerprint density at radius 1 is 1.38 bits per heavy atom. The summed E-state index contributed by atoms with van der Waals surface area (Å²) in [6.45, 7) is 5.34. The van der Waals surface area contributed by atoms with Crippen LogP contribution in [0, 0.1) is 0 Å². The lowest BCUT2D eigenvalue weighted by Gasteiger charge is -2.20. The average Bonchev–Trinajstić information content (AvgIpc) is 3.23. The van der Waals surface area contributed by atoms with Crippen LogP contribution in [0.5, 0.6) is 0 Å². The molecule has 1 aromatic carbocycles. The van der Waals surface area contributed by atoms with Crippen LogP contribution in [-0.2, 0) is 11.3 Å². The predicted octanol–water partition coefficient (Wildman–Crippen LogP) is 3.60. The van der Waals surface area contributed by atoms with Crippen LogP contribution >= 0.6 is 11.3 Å². The van der Waals surface area contributed by atoms with Crippen molar-refractivity contribution in [1.29, 1.82) is 0 Å². The highest BCUT2D eigenvalue weighted by atomic mass is 32.1. The van der Waals surface area contributed by atoms with Crippen LogP contribution in [-0.4, -0.2) is 23.7 Å². The highest BCUT2D eigenvalue weighted by molar-refractivity contribution is 7.09. The molecule has 2 aromatic rings. The van der Waals surface area contributed by atoms with Crippen LogP contribution < -0.4 is 10.6 Å². The maximum atomic E-state index is 12.2. The van der Waals surface area contributed by atoms with Gasteiger partial charge >= 0.3 is 6.03 Å². The minimum Gasteiger partial charge on any atom is -0.371 e. The van der Waals surface area contributed by atoms with Gasteiger partial charge in [0.25, 0.3) is 0 Å². The van der Waals surface area contributed by atoms with Crippen molar-refractivity contribution in [2.24, 2.45) is 0 Å². The van der Waals surface area contributed by atoms with Crippen LogP contribution in [0.1, 0.15) is 48.6 Å². The van der Waals surface area contributed by atoms with E-state index in [4.69, 9.17) is 4.74 Å². The number of urea groups is 1. The van der Waals surface area contributed by atoms with Crippen molar-refractivity contribution >= 4 is 17.4 Å². The van der Waals surface area contributed by atoms with Crippen LogP contribution in [0.15, 0.2) is 35.7 Å². The molecule has 3 rings (SSSR count). The van der Waals surface area contributed by atoms with Gasteiger partial charge in [0.05, 0.1) is 23.3 Å². The standard InChI is InChI=1S/C18H23N3O2S/c1-12(2)17-20-14(11-24-17)10-19-18(22)21-15-8-9-23-16(15)13-6-4-3-5-7-13/h3-7,11-12,15-16H,8-10H2,1-2H3,(H2,19,21,22). The first-order valence-electron chi connectivity index (χ1n) is 8.28. The molecule has 2 heterocycles. The van der Waals surface area contributed by atoms with E-state index in [1.54, 1.807) is 11.3 Å².